The van der Waals surface area contributed by atoms with Crippen LogP contribution in [0.1, 0.15) is 60.5 Å². The SMILES string of the molecule is CNC(=O)CC(C)NC(=O)CCC(=O)c1ccc2c(c1)CCCC2. The summed E-state index contributed by atoms with van der Waals surface area (Å²) in [5, 5.41) is 5.27. The summed E-state index contributed by atoms with van der Waals surface area (Å²) in [5.41, 5.74) is 3.32. The average Bonchev–Trinajstić information content (AvgIpc) is 2.58. The van der Waals surface area contributed by atoms with Crippen molar-refractivity contribution in [2.24, 2.45) is 0 Å². The number of amides is 2. The number of Topliss-reactive ketones (excluding diaryl/α,β-unsaturated/α-hetero) is 1. The van der Waals surface area contributed by atoms with Gasteiger partial charge in [0.15, 0.2) is 5.78 Å². The van der Waals surface area contributed by atoms with Crippen LogP contribution in [0.2, 0.25) is 0 Å². The molecule has 0 aromatic heterocycles. The molecule has 1 aromatic rings. The fraction of sp³-hybridized carbons (Fsp3) is 0.526. The first-order valence-electron chi connectivity index (χ1n) is 8.64. The molecule has 1 unspecified atom stereocenters. The summed E-state index contributed by atoms with van der Waals surface area (Å²) in [4.78, 5) is 35.5. The average molecular weight is 330 g/mol. The maximum absolute atomic E-state index is 12.3. The fourth-order valence-electron chi connectivity index (χ4n) is 3.06. The third-order valence-electron chi connectivity index (χ3n) is 4.43. The summed E-state index contributed by atoms with van der Waals surface area (Å²) in [6, 6.07) is 5.67. The van der Waals surface area contributed by atoms with E-state index < -0.39 is 0 Å². The largest absolute Gasteiger partial charge is 0.359 e. The molecule has 5 heteroatoms. The fourth-order valence-corrected chi connectivity index (χ4v) is 3.06. The van der Waals surface area contributed by atoms with Crippen LogP contribution in [0.4, 0.5) is 0 Å². The van der Waals surface area contributed by atoms with E-state index in [9.17, 15) is 14.4 Å². The van der Waals surface area contributed by atoms with Crippen LogP contribution in [0.3, 0.4) is 0 Å². The highest BCUT2D eigenvalue weighted by molar-refractivity contribution is 5.98. The molecule has 0 bridgehead atoms. The van der Waals surface area contributed by atoms with Gasteiger partial charge < -0.3 is 10.6 Å². The number of nitrogens with one attached hydrogen (secondary N) is 2. The number of aryl methyl sites for hydroxylation is 2. The number of ketones is 1. The van der Waals surface area contributed by atoms with Crippen molar-refractivity contribution < 1.29 is 14.4 Å². The smallest absolute Gasteiger partial charge is 0.221 e. The lowest BCUT2D eigenvalue weighted by molar-refractivity contribution is -0.123. The van der Waals surface area contributed by atoms with Crippen LogP contribution in [0, 0.1) is 0 Å². The molecule has 1 atom stereocenters. The summed E-state index contributed by atoms with van der Waals surface area (Å²) in [6.07, 6.45) is 5.10. The van der Waals surface area contributed by atoms with Crippen molar-refractivity contribution in [2.45, 2.75) is 57.9 Å². The molecule has 0 heterocycles. The Morgan fingerprint density at radius 3 is 2.46 bits per heavy atom. The lowest BCUT2D eigenvalue weighted by atomic mass is 9.89. The molecule has 5 nitrogen and oxygen atoms in total. The Kier molecular flexibility index (Phi) is 6.53. The van der Waals surface area contributed by atoms with Gasteiger partial charge in [-0.15, -0.1) is 0 Å². The van der Waals surface area contributed by atoms with Crippen molar-refractivity contribution >= 4 is 17.6 Å². The molecule has 0 aliphatic heterocycles. The highest BCUT2D eigenvalue weighted by atomic mass is 16.2. The van der Waals surface area contributed by atoms with E-state index in [1.165, 1.54) is 24.0 Å². The molecular weight excluding hydrogens is 304 g/mol. The topological polar surface area (TPSA) is 75.3 Å². The van der Waals surface area contributed by atoms with Crippen molar-refractivity contribution in [1.82, 2.24) is 10.6 Å². The number of hydrogen-bond acceptors (Lipinski definition) is 3. The van der Waals surface area contributed by atoms with E-state index in [-0.39, 0.29) is 42.9 Å². The first-order valence-corrected chi connectivity index (χ1v) is 8.64. The maximum Gasteiger partial charge on any atom is 0.221 e. The van der Waals surface area contributed by atoms with Gasteiger partial charge >= 0.3 is 0 Å². The third kappa shape index (κ3) is 5.18. The Balaban J connectivity index is 1.82. The molecule has 1 aliphatic rings. The summed E-state index contributed by atoms with van der Waals surface area (Å²) >= 11 is 0. The maximum atomic E-state index is 12.3. The molecule has 24 heavy (non-hydrogen) atoms. The zero-order chi connectivity index (χ0) is 17.5. The zero-order valence-corrected chi connectivity index (χ0v) is 14.5. The Labute approximate surface area is 143 Å². The summed E-state index contributed by atoms with van der Waals surface area (Å²) in [7, 11) is 1.56. The first-order chi connectivity index (χ1) is 11.5. The van der Waals surface area contributed by atoms with Gasteiger partial charge in [-0.25, -0.2) is 0 Å². The molecule has 1 aromatic carbocycles. The predicted molar refractivity (Wildman–Crippen MR) is 92.9 cm³/mol. The van der Waals surface area contributed by atoms with E-state index in [2.05, 4.69) is 10.6 Å². The number of rotatable bonds is 7. The van der Waals surface area contributed by atoms with Crippen LogP contribution >= 0.6 is 0 Å². The van der Waals surface area contributed by atoms with Crippen molar-refractivity contribution in [3.63, 3.8) is 0 Å². The quantitative estimate of drug-likeness (QED) is 0.752. The van der Waals surface area contributed by atoms with Gasteiger partial charge in [0.2, 0.25) is 11.8 Å². The summed E-state index contributed by atoms with van der Waals surface area (Å²) in [6.45, 7) is 1.78. The highest BCUT2D eigenvalue weighted by Gasteiger charge is 2.15. The molecular formula is C19H26N2O3. The van der Waals surface area contributed by atoms with Crippen LogP contribution in [-0.2, 0) is 22.4 Å². The number of carbonyl (C=O) groups is 3. The molecule has 2 rings (SSSR count). The number of fused-ring (bicyclic) bond motifs is 1. The van der Waals surface area contributed by atoms with Gasteiger partial charge in [-0.1, -0.05) is 12.1 Å². The van der Waals surface area contributed by atoms with Crippen molar-refractivity contribution in [2.75, 3.05) is 7.05 Å². The van der Waals surface area contributed by atoms with Crippen molar-refractivity contribution in [3.8, 4) is 0 Å². The lowest BCUT2D eigenvalue weighted by Crippen LogP contribution is -2.36. The minimum Gasteiger partial charge on any atom is -0.359 e. The van der Waals surface area contributed by atoms with Gasteiger partial charge in [-0.05, 0) is 49.8 Å². The monoisotopic (exact) mass is 330 g/mol. The minimum absolute atomic E-state index is 0.00234. The van der Waals surface area contributed by atoms with E-state index in [1.807, 2.05) is 18.2 Å². The molecule has 0 radical (unpaired) electrons. The van der Waals surface area contributed by atoms with Gasteiger partial charge in [0, 0.05) is 37.9 Å². The van der Waals surface area contributed by atoms with E-state index in [4.69, 9.17) is 0 Å². The van der Waals surface area contributed by atoms with Crippen molar-refractivity contribution in [3.05, 3.63) is 34.9 Å². The van der Waals surface area contributed by atoms with Crippen LogP contribution < -0.4 is 10.6 Å². The highest BCUT2D eigenvalue weighted by Crippen LogP contribution is 2.22. The Hall–Kier alpha value is -2.17. The van der Waals surface area contributed by atoms with E-state index in [0.29, 0.717) is 5.56 Å². The second-order valence-electron chi connectivity index (χ2n) is 6.46. The molecule has 0 saturated carbocycles. The molecule has 0 saturated heterocycles. The molecule has 1 aliphatic carbocycles. The second kappa shape index (κ2) is 8.62. The predicted octanol–water partition coefficient (Wildman–Crippen LogP) is 2.17. The van der Waals surface area contributed by atoms with Gasteiger partial charge in [-0.3, -0.25) is 14.4 Å². The normalized spacial score (nSPS) is 14.4. The lowest BCUT2D eigenvalue weighted by Gasteiger charge is -2.16. The van der Waals surface area contributed by atoms with Gasteiger partial charge in [0.05, 0.1) is 0 Å². The van der Waals surface area contributed by atoms with Crippen LogP contribution in [0.25, 0.3) is 0 Å². The van der Waals surface area contributed by atoms with Gasteiger partial charge in [-0.2, -0.15) is 0 Å². The third-order valence-corrected chi connectivity index (χ3v) is 4.43. The van der Waals surface area contributed by atoms with E-state index in [0.717, 1.165) is 12.8 Å². The number of hydrogen-bond donors (Lipinski definition) is 2. The Morgan fingerprint density at radius 2 is 1.75 bits per heavy atom. The molecule has 2 amide bonds. The van der Waals surface area contributed by atoms with Crippen molar-refractivity contribution in [1.29, 1.82) is 0 Å². The molecule has 0 fully saturated rings. The molecule has 2 N–H and O–H groups in total. The number of carbonyl (C=O) groups excluding carboxylic acids is 3. The first kappa shape index (κ1) is 18.2. The van der Waals surface area contributed by atoms with Crippen LogP contribution in [0.5, 0.6) is 0 Å². The summed E-state index contributed by atoms with van der Waals surface area (Å²) < 4.78 is 0. The van der Waals surface area contributed by atoms with Gasteiger partial charge in [0.25, 0.3) is 0 Å². The van der Waals surface area contributed by atoms with E-state index >= 15 is 0 Å². The number of benzene rings is 1. The summed E-state index contributed by atoms with van der Waals surface area (Å²) in [5.74, 6) is -0.317. The second-order valence-corrected chi connectivity index (χ2v) is 6.46. The Morgan fingerprint density at radius 1 is 1.04 bits per heavy atom. The van der Waals surface area contributed by atoms with Crippen LogP contribution in [0.15, 0.2) is 18.2 Å². The Bertz CT molecular complexity index is 625. The zero-order valence-electron chi connectivity index (χ0n) is 14.5. The van der Waals surface area contributed by atoms with Crippen LogP contribution in [-0.4, -0.2) is 30.7 Å². The van der Waals surface area contributed by atoms with Gasteiger partial charge in [0.1, 0.15) is 0 Å². The standard InChI is InChI=1S/C19H26N2O3/c1-13(11-19(24)20-2)21-18(23)10-9-17(22)16-8-7-14-5-3-4-6-15(14)12-16/h7-8,12-13H,3-6,9-11H2,1-2H3,(H,20,24)(H,21,23). The minimum atomic E-state index is -0.240. The molecule has 0 spiro atoms. The molecule has 130 valence electrons. The van der Waals surface area contributed by atoms with E-state index in [1.54, 1.807) is 14.0 Å².